The molecule has 0 aromatic heterocycles. The molecular weight excluding hydrogens is 392 g/mol. The number of halogens is 1. The average Bonchev–Trinajstić information content (AvgIpc) is 3.10. The Bertz CT molecular complexity index is 767. The van der Waals surface area contributed by atoms with Gasteiger partial charge >= 0.3 is 0 Å². The number of ether oxygens (including phenoxy) is 2. The summed E-state index contributed by atoms with van der Waals surface area (Å²) in [6.07, 6.45) is 2.33. The molecule has 2 aromatic rings. The van der Waals surface area contributed by atoms with Crippen LogP contribution in [0.2, 0.25) is 0 Å². The summed E-state index contributed by atoms with van der Waals surface area (Å²) >= 11 is 3.68. The molecule has 0 amide bonds. The summed E-state index contributed by atoms with van der Waals surface area (Å²) in [6.45, 7) is 4.07. The summed E-state index contributed by atoms with van der Waals surface area (Å²) in [5.41, 5.74) is 2.45. The van der Waals surface area contributed by atoms with E-state index in [2.05, 4.69) is 50.4 Å². The lowest BCUT2D eigenvalue weighted by Crippen LogP contribution is -2.41. The molecule has 2 aliphatic heterocycles. The molecule has 2 atom stereocenters. The van der Waals surface area contributed by atoms with Crippen molar-refractivity contribution < 1.29 is 9.47 Å². The predicted octanol–water partition coefficient (Wildman–Crippen LogP) is 4.20. The van der Waals surface area contributed by atoms with Crippen LogP contribution in [-0.4, -0.2) is 44.3 Å². The van der Waals surface area contributed by atoms with Crippen molar-refractivity contribution in [1.29, 1.82) is 0 Å². The molecular formula is C21H25BrN2O2. The number of likely N-dealkylation sites (tertiary alicyclic amines) is 1. The molecule has 26 heavy (non-hydrogen) atoms. The van der Waals surface area contributed by atoms with Crippen LogP contribution in [-0.2, 0) is 6.42 Å². The normalized spacial score (nSPS) is 22.4. The lowest BCUT2D eigenvalue weighted by molar-refractivity contribution is 0.233. The highest BCUT2D eigenvalue weighted by Crippen LogP contribution is 2.30. The van der Waals surface area contributed by atoms with Crippen molar-refractivity contribution in [2.45, 2.75) is 18.9 Å². The van der Waals surface area contributed by atoms with Gasteiger partial charge in [0.05, 0.1) is 18.8 Å². The van der Waals surface area contributed by atoms with Crippen LogP contribution in [0.3, 0.4) is 0 Å². The topological polar surface area (TPSA) is 33.7 Å². The van der Waals surface area contributed by atoms with Gasteiger partial charge in [-0.1, -0.05) is 28.1 Å². The molecule has 2 aliphatic rings. The highest BCUT2D eigenvalue weighted by atomic mass is 79.9. The van der Waals surface area contributed by atoms with Crippen LogP contribution in [0, 0.1) is 5.92 Å². The Hall–Kier alpha value is -1.72. The number of fused-ring (bicyclic) bond motifs is 1. The maximum atomic E-state index is 5.90. The number of benzene rings is 2. The van der Waals surface area contributed by atoms with E-state index in [0.29, 0.717) is 12.0 Å². The number of hydrogen-bond donors (Lipinski definition) is 1. The number of methoxy groups -OCH3 is 1. The van der Waals surface area contributed by atoms with Gasteiger partial charge < -0.3 is 19.7 Å². The SMILES string of the molecule is COc1ccc(Br)c(CC2CCN(CC3COc4ccccc4N3)C2)c1. The first-order chi connectivity index (χ1) is 12.7. The molecule has 0 bridgehead atoms. The van der Waals surface area contributed by atoms with Crippen molar-refractivity contribution in [1.82, 2.24) is 4.90 Å². The minimum Gasteiger partial charge on any atom is -0.497 e. The second-order valence-electron chi connectivity index (χ2n) is 7.22. The van der Waals surface area contributed by atoms with Crippen molar-refractivity contribution >= 4 is 21.6 Å². The van der Waals surface area contributed by atoms with E-state index in [1.165, 1.54) is 16.5 Å². The number of nitrogens with zero attached hydrogens (tertiary/aromatic N) is 1. The molecule has 2 unspecified atom stereocenters. The second-order valence-corrected chi connectivity index (χ2v) is 8.08. The lowest BCUT2D eigenvalue weighted by Gasteiger charge is -2.30. The smallest absolute Gasteiger partial charge is 0.142 e. The van der Waals surface area contributed by atoms with Crippen LogP contribution in [0.1, 0.15) is 12.0 Å². The molecule has 1 N–H and O–H groups in total. The van der Waals surface area contributed by atoms with Gasteiger partial charge in [0, 0.05) is 17.6 Å². The van der Waals surface area contributed by atoms with E-state index in [0.717, 1.165) is 49.8 Å². The molecule has 0 saturated carbocycles. The van der Waals surface area contributed by atoms with Crippen molar-refractivity contribution in [3.63, 3.8) is 0 Å². The fourth-order valence-electron chi connectivity index (χ4n) is 3.96. The fourth-order valence-corrected chi connectivity index (χ4v) is 4.37. The molecule has 1 saturated heterocycles. The van der Waals surface area contributed by atoms with E-state index < -0.39 is 0 Å². The molecule has 2 heterocycles. The highest BCUT2D eigenvalue weighted by Gasteiger charge is 2.27. The minimum atomic E-state index is 0.354. The largest absolute Gasteiger partial charge is 0.497 e. The Morgan fingerprint density at radius 3 is 3.04 bits per heavy atom. The van der Waals surface area contributed by atoms with Gasteiger partial charge in [0.1, 0.15) is 18.1 Å². The zero-order valence-electron chi connectivity index (χ0n) is 15.1. The van der Waals surface area contributed by atoms with Crippen molar-refractivity contribution in [3.05, 3.63) is 52.5 Å². The number of rotatable bonds is 5. The molecule has 0 aliphatic carbocycles. The summed E-state index contributed by atoms with van der Waals surface area (Å²) < 4.78 is 12.4. The first-order valence-electron chi connectivity index (χ1n) is 9.24. The quantitative estimate of drug-likeness (QED) is 0.791. The average molecular weight is 417 g/mol. The molecule has 2 aromatic carbocycles. The van der Waals surface area contributed by atoms with Gasteiger partial charge in [-0.05, 0) is 61.2 Å². The second kappa shape index (κ2) is 7.89. The van der Waals surface area contributed by atoms with Crippen molar-refractivity contribution in [2.24, 2.45) is 5.92 Å². The lowest BCUT2D eigenvalue weighted by atomic mass is 9.98. The predicted molar refractivity (Wildman–Crippen MR) is 108 cm³/mol. The Labute approximate surface area is 163 Å². The molecule has 4 rings (SSSR count). The Kier molecular flexibility index (Phi) is 5.36. The zero-order chi connectivity index (χ0) is 17.9. The van der Waals surface area contributed by atoms with Crippen molar-refractivity contribution in [3.8, 4) is 11.5 Å². The van der Waals surface area contributed by atoms with E-state index in [9.17, 15) is 0 Å². The number of nitrogens with one attached hydrogen (secondary N) is 1. The third kappa shape index (κ3) is 3.99. The fraction of sp³-hybridized carbons (Fsp3) is 0.429. The maximum Gasteiger partial charge on any atom is 0.142 e. The summed E-state index contributed by atoms with van der Waals surface area (Å²) in [5.74, 6) is 2.58. The van der Waals surface area contributed by atoms with Crippen LogP contribution in [0.25, 0.3) is 0 Å². The van der Waals surface area contributed by atoms with Gasteiger partial charge in [0.25, 0.3) is 0 Å². The van der Waals surface area contributed by atoms with E-state index >= 15 is 0 Å². The highest BCUT2D eigenvalue weighted by molar-refractivity contribution is 9.10. The van der Waals surface area contributed by atoms with Crippen LogP contribution in [0.5, 0.6) is 11.5 Å². The van der Waals surface area contributed by atoms with Gasteiger partial charge in [-0.2, -0.15) is 0 Å². The van der Waals surface area contributed by atoms with Crippen LogP contribution in [0.4, 0.5) is 5.69 Å². The zero-order valence-corrected chi connectivity index (χ0v) is 16.7. The van der Waals surface area contributed by atoms with Gasteiger partial charge in [0.2, 0.25) is 0 Å². The van der Waals surface area contributed by atoms with Crippen LogP contribution in [0.15, 0.2) is 46.9 Å². The molecule has 0 spiro atoms. The number of anilines is 1. The Morgan fingerprint density at radius 1 is 1.27 bits per heavy atom. The summed E-state index contributed by atoms with van der Waals surface area (Å²) in [4.78, 5) is 2.56. The minimum absolute atomic E-state index is 0.354. The third-order valence-corrected chi connectivity index (χ3v) is 6.07. The monoisotopic (exact) mass is 416 g/mol. The summed E-state index contributed by atoms with van der Waals surface area (Å²) in [5, 5.41) is 3.62. The molecule has 0 radical (unpaired) electrons. The van der Waals surface area contributed by atoms with Crippen LogP contribution < -0.4 is 14.8 Å². The van der Waals surface area contributed by atoms with E-state index in [4.69, 9.17) is 9.47 Å². The first-order valence-corrected chi connectivity index (χ1v) is 10.0. The molecule has 138 valence electrons. The van der Waals surface area contributed by atoms with E-state index in [1.807, 2.05) is 18.2 Å². The van der Waals surface area contributed by atoms with Gasteiger partial charge in [-0.15, -0.1) is 0 Å². The first kappa shape index (κ1) is 17.7. The van der Waals surface area contributed by atoms with Gasteiger partial charge in [0.15, 0.2) is 0 Å². The molecule has 4 nitrogen and oxygen atoms in total. The van der Waals surface area contributed by atoms with E-state index in [1.54, 1.807) is 7.11 Å². The number of hydrogen-bond acceptors (Lipinski definition) is 4. The number of para-hydroxylation sites is 2. The standard InChI is InChI=1S/C21H25BrN2O2/c1-25-18-6-7-19(22)16(11-18)10-15-8-9-24(12-15)13-17-14-26-21-5-3-2-4-20(21)23-17/h2-7,11,15,17,23H,8-10,12-14H2,1H3. The van der Waals surface area contributed by atoms with Crippen LogP contribution >= 0.6 is 15.9 Å². The Balaban J connectivity index is 1.32. The molecule has 5 heteroatoms. The Morgan fingerprint density at radius 2 is 2.15 bits per heavy atom. The van der Waals surface area contributed by atoms with Gasteiger partial charge in [-0.3, -0.25) is 0 Å². The van der Waals surface area contributed by atoms with Crippen molar-refractivity contribution in [2.75, 3.05) is 38.7 Å². The van der Waals surface area contributed by atoms with Gasteiger partial charge in [-0.25, -0.2) is 0 Å². The third-order valence-electron chi connectivity index (χ3n) is 5.30. The maximum absolute atomic E-state index is 5.90. The van der Waals surface area contributed by atoms with E-state index in [-0.39, 0.29) is 0 Å². The summed E-state index contributed by atoms with van der Waals surface area (Å²) in [7, 11) is 1.72. The molecule has 1 fully saturated rings. The summed E-state index contributed by atoms with van der Waals surface area (Å²) in [6, 6.07) is 14.8.